The van der Waals surface area contributed by atoms with Gasteiger partial charge < -0.3 is 14.8 Å². The van der Waals surface area contributed by atoms with Crippen LogP contribution in [0.4, 0.5) is 5.69 Å². The van der Waals surface area contributed by atoms with Gasteiger partial charge in [0.25, 0.3) is 0 Å². The number of sulfone groups is 1. The van der Waals surface area contributed by atoms with Gasteiger partial charge in [-0.05, 0) is 36.8 Å². The number of hydrogen-bond donors (Lipinski definition) is 1. The van der Waals surface area contributed by atoms with Crippen LogP contribution in [-0.4, -0.2) is 55.0 Å². The van der Waals surface area contributed by atoms with Gasteiger partial charge in [-0.1, -0.05) is 12.1 Å². The number of nitrogens with one attached hydrogen (secondary N) is 1. The van der Waals surface area contributed by atoms with E-state index >= 15 is 0 Å². The summed E-state index contributed by atoms with van der Waals surface area (Å²) in [5.41, 5.74) is 0.970. The molecule has 2 aromatic carbocycles. The van der Waals surface area contributed by atoms with Crippen molar-refractivity contribution in [2.45, 2.75) is 17.9 Å². The van der Waals surface area contributed by atoms with Crippen LogP contribution in [0.5, 0.6) is 11.5 Å². The van der Waals surface area contributed by atoms with Crippen molar-refractivity contribution < 1.29 is 31.1 Å². The first-order chi connectivity index (χ1) is 14.4. The van der Waals surface area contributed by atoms with E-state index in [-0.39, 0.29) is 10.6 Å². The fourth-order valence-electron chi connectivity index (χ4n) is 3.09. The van der Waals surface area contributed by atoms with Crippen molar-refractivity contribution in [1.82, 2.24) is 5.32 Å². The number of carbonyl (C=O) groups excluding carboxylic acids is 1. The molecule has 0 aliphatic carbocycles. The number of carbonyl (C=O) groups is 1. The van der Waals surface area contributed by atoms with Crippen LogP contribution < -0.4 is 19.1 Å². The Labute approximate surface area is 181 Å². The highest BCUT2D eigenvalue weighted by atomic mass is 32.2. The monoisotopic (exact) mass is 468 g/mol. The Kier molecular flexibility index (Phi) is 6.46. The molecule has 2 aromatic rings. The summed E-state index contributed by atoms with van der Waals surface area (Å²) in [6, 6.07) is 10.4. The Balaban J connectivity index is 1.74. The summed E-state index contributed by atoms with van der Waals surface area (Å²) in [4.78, 5) is 12.8. The van der Waals surface area contributed by atoms with E-state index in [1.807, 2.05) is 0 Å². The molecule has 3 rings (SSSR count). The second kappa shape index (κ2) is 8.75. The van der Waals surface area contributed by atoms with Gasteiger partial charge in [0, 0.05) is 12.3 Å². The maximum atomic E-state index is 12.6. The molecule has 0 unspecified atom stereocenters. The van der Waals surface area contributed by atoms with Crippen LogP contribution in [0, 0.1) is 0 Å². The first-order valence-corrected chi connectivity index (χ1v) is 13.2. The van der Waals surface area contributed by atoms with E-state index in [0.717, 1.165) is 16.8 Å². The lowest BCUT2D eigenvalue weighted by Crippen LogP contribution is -2.41. The normalized spacial score (nSPS) is 14.5. The van der Waals surface area contributed by atoms with Gasteiger partial charge in [0.15, 0.2) is 21.3 Å². The first kappa shape index (κ1) is 22.9. The molecule has 1 amide bonds. The molecule has 0 aromatic heterocycles. The lowest BCUT2D eigenvalue weighted by Gasteiger charge is -2.25. The molecule has 0 spiro atoms. The summed E-state index contributed by atoms with van der Waals surface area (Å²) < 4.78 is 59.8. The molecule has 0 radical (unpaired) electrons. The van der Waals surface area contributed by atoms with Gasteiger partial charge in [-0.2, -0.15) is 0 Å². The van der Waals surface area contributed by atoms with Gasteiger partial charge >= 0.3 is 0 Å². The molecule has 0 fully saturated rings. The Morgan fingerprint density at radius 2 is 1.61 bits per heavy atom. The highest BCUT2D eigenvalue weighted by molar-refractivity contribution is 7.92. The predicted molar refractivity (Wildman–Crippen MR) is 116 cm³/mol. The highest BCUT2D eigenvalue weighted by Gasteiger charge is 2.24. The largest absolute Gasteiger partial charge is 0.486 e. The van der Waals surface area contributed by atoms with E-state index in [2.05, 4.69) is 5.32 Å². The Hall–Kier alpha value is -2.79. The van der Waals surface area contributed by atoms with Crippen LogP contribution in [0.2, 0.25) is 0 Å². The van der Waals surface area contributed by atoms with Crippen LogP contribution in [-0.2, 0) is 24.7 Å². The molecule has 168 valence electrons. The molecule has 1 aliphatic heterocycles. The van der Waals surface area contributed by atoms with Crippen LogP contribution >= 0.6 is 0 Å². The molecule has 9 nitrogen and oxygen atoms in total. The zero-order valence-corrected chi connectivity index (χ0v) is 19.0. The highest BCUT2D eigenvalue weighted by Crippen LogP contribution is 2.34. The number of amides is 1. The van der Waals surface area contributed by atoms with Gasteiger partial charge in [0.1, 0.15) is 19.8 Å². The van der Waals surface area contributed by atoms with Crippen LogP contribution in [0.15, 0.2) is 47.4 Å². The third-order valence-electron chi connectivity index (χ3n) is 4.69. The van der Waals surface area contributed by atoms with Gasteiger partial charge in [0.05, 0.1) is 22.9 Å². The third-order valence-corrected chi connectivity index (χ3v) is 6.96. The molecule has 31 heavy (non-hydrogen) atoms. The fraction of sp³-hybridized carbons (Fsp3) is 0.350. The third kappa shape index (κ3) is 5.67. The molecular weight excluding hydrogens is 444 g/mol. The lowest BCUT2D eigenvalue weighted by atomic mass is 10.1. The number of rotatable bonds is 7. The maximum absolute atomic E-state index is 12.6. The van der Waals surface area contributed by atoms with Gasteiger partial charge in [0.2, 0.25) is 15.9 Å². The summed E-state index contributed by atoms with van der Waals surface area (Å²) in [5.74, 6) is 0.413. The number of hydrogen-bond acceptors (Lipinski definition) is 7. The van der Waals surface area contributed by atoms with Crippen LogP contribution in [0.3, 0.4) is 0 Å². The van der Waals surface area contributed by atoms with E-state index < -0.39 is 38.4 Å². The molecule has 0 saturated heterocycles. The molecule has 0 bridgehead atoms. The zero-order valence-electron chi connectivity index (χ0n) is 17.4. The molecule has 1 atom stereocenters. The van der Waals surface area contributed by atoms with Gasteiger partial charge in [-0.25, -0.2) is 16.8 Å². The summed E-state index contributed by atoms with van der Waals surface area (Å²) >= 11 is 0. The summed E-state index contributed by atoms with van der Waals surface area (Å²) in [6.07, 6.45) is 2.13. The van der Waals surface area contributed by atoms with Crippen molar-refractivity contribution >= 4 is 31.5 Å². The quantitative estimate of drug-likeness (QED) is 0.654. The average molecular weight is 469 g/mol. The smallest absolute Gasteiger partial charge is 0.241 e. The molecular formula is C20H24N2O7S2. The van der Waals surface area contributed by atoms with Crippen molar-refractivity contribution in [3.63, 3.8) is 0 Å². The summed E-state index contributed by atoms with van der Waals surface area (Å²) in [7, 11) is -7.07. The second-order valence-corrected chi connectivity index (χ2v) is 11.2. The van der Waals surface area contributed by atoms with E-state index in [1.165, 1.54) is 18.2 Å². The van der Waals surface area contributed by atoms with Crippen LogP contribution in [0.25, 0.3) is 0 Å². The Morgan fingerprint density at radius 1 is 1.00 bits per heavy atom. The van der Waals surface area contributed by atoms with Crippen molar-refractivity contribution in [1.29, 1.82) is 0 Å². The molecule has 0 saturated carbocycles. The maximum Gasteiger partial charge on any atom is 0.241 e. The fourth-order valence-corrected chi connectivity index (χ4v) is 4.57. The lowest BCUT2D eigenvalue weighted by molar-refractivity contribution is -0.120. The topological polar surface area (TPSA) is 119 Å². The molecule has 11 heteroatoms. The molecule has 1 N–H and O–H groups in total. The predicted octanol–water partition coefficient (Wildman–Crippen LogP) is 1.50. The zero-order chi connectivity index (χ0) is 22.8. The SMILES string of the molecule is C[C@H](NC(=O)CN(c1ccc2c(c1)OCCO2)S(C)(=O)=O)c1ccc(S(C)(=O)=O)cc1. The summed E-state index contributed by atoms with van der Waals surface area (Å²) in [5, 5.41) is 2.74. The van der Waals surface area contributed by atoms with Crippen LogP contribution in [0.1, 0.15) is 18.5 Å². The van der Waals surface area contributed by atoms with Crippen molar-refractivity contribution in [2.24, 2.45) is 0 Å². The van der Waals surface area contributed by atoms with E-state index in [0.29, 0.717) is 30.3 Å². The van der Waals surface area contributed by atoms with E-state index in [4.69, 9.17) is 9.47 Å². The van der Waals surface area contributed by atoms with Crippen molar-refractivity contribution in [3.05, 3.63) is 48.0 Å². The first-order valence-electron chi connectivity index (χ1n) is 9.42. The molecule has 1 heterocycles. The second-order valence-electron chi connectivity index (χ2n) is 7.23. The van der Waals surface area contributed by atoms with Crippen molar-refractivity contribution in [3.8, 4) is 11.5 Å². The van der Waals surface area contributed by atoms with Gasteiger partial charge in [-0.3, -0.25) is 9.10 Å². The number of fused-ring (bicyclic) bond motifs is 1. The minimum absolute atomic E-state index is 0.177. The van der Waals surface area contributed by atoms with Gasteiger partial charge in [-0.15, -0.1) is 0 Å². The summed E-state index contributed by atoms with van der Waals surface area (Å²) in [6.45, 7) is 2.06. The Morgan fingerprint density at radius 3 is 2.19 bits per heavy atom. The standard InChI is InChI=1S/C20H24N2O7S2/c1-14(15-4-7-17(8-5-15)30(2,24)25)21-20(23)13-22(31(3,26)27)16-6-9-18-19(12-16)29-11-10-28-18/h4-9,12,14H,10-11,13H2,1-3H3,(H,21,23)/t14-/m0/s1. The Bertz CT molecular complexity index is 1180. The minimum atomic E-state index is -3.75. The number of ether oxygens (including phenoxy) is 2. The molecule has 1 aliphatic rings. The average Bonchev–Trinajstić information content (AvgIpc) is 2.70. The van der Waals surface area contributed by atoms with Crippen molar-refractivity contribution in [2.75, 3.05) is 36.6 Å². The van der Waals surface area contributed by atoms with E-state index in [9.17, 15) is 21.6 Å². The minimum Gasteiger partial charge on any atom is -0.486 e. The number of benzene rings is 2. The number of nitrogens with zero attached hydrogens (tertiary/aromatic N) is 1. The number of sulfonamides is 1. The number of anilines is 1. The van der Waals surface area contributed by atoms with E-state index in [1.54, 1.807) is 31.2 Å².